The first-order chi connectivity index (χ1) is 26.0. The minimum Gasteiger partial charge on any atom is -0.462 e. The van der Waals surface area contributed by atoms with Crippen LogP contribution in [0.3, 0.4) is 0 Å². The highest BCUT2D eigenvalue weighted by Crippen LogP contribution is 2.16. The Morgan fingerprint density at radius 2 is 1.04 bits per heavy atom. The molecule has 3 unspecified atom stereocenters. The molecule has 53 heavy (non-hydrogen) atoms. The van der Waals surface area contributed by atoms with E-state index in [-0.39, 0.29) is 24.9 Å². The van der Waals surface area contributed by atoms with Gasteiger partial charge in [0.2, 0.25) is 5.91 Å². The van der Waals surface area contributed by atoms with Crippen molar-refractivity contribution in [2.24, 2.45) is 0 Å². The Labute approximate surface area is 326 Å². The molecule has 304 valence electrons. The van der Waals surface area contributed by atoms with Gasteiger partial charge in [-0.2, -0.15) is 0 Å². The maximum Gasteiger partial charge on any atom is 0.306 e. The number of unbranched alkanes of at least 4 members (excludes halogenated alkanes) is 17. The van der Waals surface area contributed by atoms with Crippen molar-refractivity contribution < 1.29 is 24.5 Å². The van der Waals surface area contributed by atoms with E-state index in [1.54, 1.807) is 0 Å². The van der Waals surface area contributed by atoms with Gasteiger partial charge in [0.1, 0.15) is 6.10 Å². The minimum atomic E-state index is -0.798. The first kappa shape index (κ1) is 50.3. The van der Waals surface area contributed by atoms with E-state index in [9.17, 15) is 19.8 Å². The van der Waals surface area contributed by atoms with Crippen LogP contribution in [-0.2, 0) is 14.3 Å². The van der Waals surface area contributed by atoms with Gasteiger partial charge >= 0.3 is 5.97 Å². The second kappa shape index (κ2) is 40.5. The number of esters is 1. The van der Waals surface area contributed by atoms with Gasteiger partial charge in [-0.05, 0) is 70.6 Å². The summed E-state index contributed by atoms with van der Waals surface area (Å²) >= 11 is 0. The zero-order chi connectivity index (χ0) is 38.9. The molecule has 0 rings (SSSR count). The number of hydrogen-bond donors (Lipinski definition) is 3. The van der Waals surface area contributed by atoms with Crippen molar-refractivity contribution in [2.45, 2.75) is 206 Å². The second-order valence-electron chi connectivity index (χ2n) is 14.5. The second-order valence-corrected chi connectivity index (χ2v) is 14.5. The Bertz CT molecular complexity index is 1010. The third-order valence-corrected chi connectivity index (χ3v) is 9.40. The quantitative estimate of drug-likeness (QED) is 0.0255. The van der Waals surface area contributed by atoms with E-state index in [2.05, 4.69) is 56.5 Å². The van der Waals surface area contributed by atoms with Crippen LogP contribution >= 0.6 is 0 Å². The van der Waals surface area contributed by atoms with E-state index in [1.165, 1.54) is 57.8 Å². The minimum absolute atomic E-state index is 0.0457. The van der Waals surface area contributed by atoms with Gasteiger partial charge in [0.25, 0.3) is 0 Å². The molecule has 0 spiro atoms. The normalized spacial score (nSPS) is 14.1. The van der Waals surface area contributed by atoms with Crippen molar-refractivity contribution in [3.8, 4) is 0 Å². The van der Waals surface area contributed by atoms with Crippen LogP contribution in [0.15, 0.2) is 72.9 Å². The topological polar surface area (TPSA) is 95.9 Å². The summed E-state index contributed by atoms with van der Waals surface area (Å²) in [4.78, 5) is 25.9. The van der Waals surface area contributed by atoms with E-state index in [0.29, 0.717) is 19.3 Å². The molecule has 0 aliphatic rings. The van der Waals surface area contributed by atoms with E-state index in [0.717, 1.165) is 83.5 Å². The molecule has 0 saturated heterocycles. The summed E-state index contributed by atoms with van der Waals surface area (Å²) in [6.07, 6.45) is 49.6. The predicted molar refractivity (Wildman–Crippen MR) is 227 cm³/mol. The van der Waals surface area contributed by atoms with Crippen LogP contribution < -0.4 is 5.32 Å². The molecule has 0 aromatic rings. The predicted octanol–water partition coefficient (Wildman–Crippen LogP) is 12.3. The fourth-order valence-electron chi connectivity index (χ4n) is 6.09. The molecule has 0 aliphatic heterocycles. The largest absolute Gasteiger partial charge is 0.462 e. The Morgan fingerprint density at radius 1 is 0.566 bits per heavy atom. The van der Waals surface area contributed by atoms with Crippen LogP contribution in [0, 0.1) is 0 Å². The maximum atomic E-state index is 13.1. The number of aliphatic hydroxyl groups is 2. The van der Waals surface area contributed by atoms with E-state index < -0.39 is 18.2 Å². The third kappa shape index (κ3) is 36.1. The van der Waals surface area contributed by atoms with Crippen LogP contribution in [0.1, 0.15) is 188 Å². The fourth-order valence-corrected chi connectivity index (χ4v) is 6.09. The summed E-state index contributed by atoms with van der Waals surface area (Å²) in [5.41, 5.74) is 0. The molecular weight excluding hydrogens is 659 g/mol. The molecule has 0 saturated carbocycles. The lowest BCUT2D eigenvalue weighted by atomic mass is 10.0. The summed E-state index contributed by atoms with van der Waals surface area (Å²) in [6, 6.07) is -0.715. The number of aliphatic hydroxyl groups excluding tert-OH is 2. The molecule has 3 N–H and O–H groups in total. The third-order valence-electron chi connectivity index (χ3n) is 9.40. The monoisotopic (exact) mass is 740 g/mol. The molecule has 1 amide bonds. The molecule has 6 nitrogen and oxygen atoms in total. The summed E-state index contributed by atoms with van der Waals surface area (Å²) in [5, 5.41) is 23.5. The molecule has 0 fully saturated rings. The Morgan fingerprint density at radius 3 is 1.64 bits per heavy atom. The van der Waals surface area contributed by atoms with Gasteiger partial charge in [0.15, 0.2) is 0 Å². The van der Waals surface area contributed by atoms with Crippen molar-refractivity contribution in [3.63, 3.8) is 0 Å². The molecule has 3 atom stereocenters. The van der Waals surface area contributed by atoms with Gasteiger partial charge in [-0.1, -0.05) is 177 Å². The highest BCUT2D eigenvalue weighted by Gasteiger charge is 2.24. The highest BCUT2D eigenvalue weighted by atomic mass is 16.5. The SMILES string of the molecule is CC/C=C/C=C/C=C\C=C/C=C/CCCCCC(=O)OC(CCCCC/C=C\CCCCC)CC(=O)NC(CO)C(O)CCCCCCCCCCC. The van der Waals surface area contributed by atoms with Gasteiger partial charge in [-0.25, -0.2) is 0 Å². The highest BCUT2D eigenvalue weighted by molar-refractivity contribution is 5.77. The summed E-state index contributed by atoms with van der Waals surface area (Å²) in [5.74, 6) is -0.550. The number of rotatable bonds is 37. The van der Waals surface area contributed by atoms with Crippen LogP contribution in [0.2, 0.25) is 0 Å². The maximum absolute atomic E-state index is 13.1. The van der Waals surface area contributed by atoms with Crippen LogP contribution in [-0.4, -0.2) is 46.9 Å². The van der Waals surface area contributed by atoms with E-state index in [4.69, 9.17) is 4.74 Å². The van der Waals surface area contributed by atoms with Crippen LogP contribution in [0.4, 0.5) is 0 Å². The number of carbonyl (C=O) groups is 2. The smallest absolute Gasteiger partial charge is 0.306 e. The van der Waals surface area contributed by atoms with Crippen LogP contribution in [0.25, 0.3) is 0 Å². The Kier molecular flexibility index (Phi) is 38.4. The van der Waals surface area contributed by atoms with Crippen molar-refractivity contribution in [1.29, 1.82) is 0 Å². The van der Waals surface area contributed by atoms with Crippen molar-refractivity contribution in [2.75, 3.05) is 6.61 Å². The Hall–Kier alpha value is -2.70. The average molecular weight is 740 g/mol. The number of amides is 1. The standard InChI is InChI=1S/C47H81NO5/c1-4-7-10-13-16-19-21-22-23-24-25-28-31-34-37-40-47(52)53-43(38-35-32-29-27-20-17-14-11-8-5-2)41-46(51)48-44(42-49)45(50)39-36-33-30-26-18-15-12-9-6-3/h7,10,13,16-17,19-25,43-45,49-50H,4-6,8-9,11-12,14-15,18,26-42H2,1-3H3,(H,48,51)/b10-7+,16-13+,20-17-,21-19-,23-22-,25-24+. The molecule has 0 aliphatic carbocycles. The fraction of sp³-hybridized carbons (Fsp3) is 0.702. The number of ether oxygens (including phenoxy) is 1. The number of nitrogens with one attached hydrogen (secondary N) is 1. The average Bonchev–Trinajstić information content (AvgIpc) is 3.15. The molecule has 0 aromatic heterocycles. The first-order valence-electron chi connectivity index (χ1n) is 21.7. The first-order valence-corrected chi connectivity index (χ1v) is 21.7. The lowest BCUT2D eigenvalue weighted by molar-refractivity contribution is -0.151. The van der Waals surface area contributed by atoms with Crippen molar-refractivity contribution in [1.82, 2.24) is 5.32 Å². The number of hydrogen-bond acceptors (Lipinski definition) is 5. The van der Waals surface area contributed by atoms with E-state index >= 15 is 0 Å². The number of allylic oxidation sites excluding steroid dienone is 12. The molecule has 0 radical (unpaired) electrons. The molecule has 0 bridgehead atoms. The van der Waals surface area contributed by atoms with Crippen molar-refractivity contribution >= 4 is 11.9 Å². The van der Waals surface area contributed by atoms with Gasteiger partial charge < -0.3 is 20.3 Å². The lowest BCUT2D eigenvalue weighted by Gasteiger charge is -2.24. The zero-order valence-electron chi connectivity index (χ0n) is 34.4. The molecule has 0 heterocycles. The van der Waals surface area contributed by atoms with Crippen LogP contribution in [0.5, 0.6) is 0 Å². The summed E-state index contributed by atoms with van der Waals surface area (Å²) in [6.45, 7) is 6.25. The molecule has 6 heteroatoms. The van der Waals surface area contributed by atoms with Gasteiger partial charge in [0.05, 0.1) is 25.2 Å². The number of carbonyl (C=O) groups excluding carboxylic acids is 2. The van der Waals surface area contributed by atoms with E-state index in [1.807, 2.05) is 42.5 Å². The van der Waals surface area contributed by atoms with Gasteiger partial charge in [-0.15, -0.1) is 0 Å². The van der Waals surface area contributed by atoms with Gasteiger partial charge in [0, 0.05) is 6.42 Å². The Balaban J connectivity index is 4.70. The summed E-state index contributed by atoms with van der Waals surface area (Å²) < 4.78 is 5.86. The molecule has 0 aromatic carbocycles. The van der Waals surface area contributed by atoms with Crippen molar-refractivity contribution in [3.05, 3.63) is 72.9 Å². The molecular formula is C47H81NO5. The zero-order valence-corrected chi connectivity index (χ0v) is 34.4. The van der Waals surface area contributed by atoms with Gasteiger partial charge in [-0.3, -0.25) is 9.59 Å². The summed E-state index contributed by atoms with van der Waals surface area (Å²) in [7, 11) is 0. The lowest BCUT2D eigenvalue weighted by Crippen LogP contribution is -2.46.